The lowest BCUT2D eigenvalue weighted by Gasteiger charge is -2.13. The Bertz CT molecular complexity index is 901. The Morgan fingerprint density at radius 1 is 1.08 bits per heavy atom. The highest BCUT2D eigenvalue weighted by molar-refractivity contribution is 5.94. The van der Waals surface area contributed by atoms with Crippen LogP contribution < -0.4 is 10.9 Å². The number of carbonyl (C=O) groups is 2. The summed E-state index contributed by atoms with van der Waals surface area (Å²) < 4.78 is 0. The van der Waals surface area contributed by atoms with Gasteiger partial charge in [-0.2, -0.15) is 0 Å². The largest absolute Gasteiger partial charge is 0.357 e. The quantitative estimate of drug-likeness (QED) is 0.646. The summed E-state index contributed by atoms with van der Waals surface area (Å²) in [6.45, 7) is 3.87. The number of pyridine rings is 1. The van der Waals surface area contributed by atoms with Crippen LogP contribution in [0.1, 0.15) is 27.3 Å². The molecule has 6 nitrogen and oxygen atoms in total. The molecule has 0 fully saturated rings. The average Bonchev–Trinajstić information content (AvgIpc) is 3.11. The van der Waals surface area contributed by atoms with E-state index in [0.29, 0.717) is 5.69 Å². The SMILES string of the molecule is Cc1nc2ccccc2c(C)c1CC(=O)NNC(=O)c1ccc[nH]1. The van der Waals surface area contributed by atoms with E-state index in [4.69, 9.17) is 0 Å². The fourth-order valence-electron chi connectivity index (χ4n) is 2.70. The minimum atomic E-state index is -0.390. The first-order chi connectivity index (χ1) is 11.6. The molecule has 1 aromatic carbocycles. The second kappa shape index (κ2) is 6.54. The third kappa shape index (κ3) is 3.12. The smallest absolute Gasteiger partial charge is 0.286 e. The molecule has 3 rings (SSSR count). The molecule has 0 bridgehead atoms. The molecule has 122 valence electrons. The standard InChI is InChI=1S/C18H18N4O2/c1-11-13-6-3-4-7-15(13)20-12(2)14(11)10-17(23)21-22-18(24)16-8-5-9-19-16/h3-9,19H,10H2,1-2H3,(H,21,23)(H,22,24). The lowest BCUT2D eigenvalue weighted by Crippen LogP contribution is -2.42. The highest BCUT2D eigenvalue weighted by Gasteiger charge is 2.14. The van der Waals surface area contributed by atoms with Crippen LogP contribution in [0, 0.1) is 13.8 Å². The summed E-state index contributed by atoms with van der Waals surface area (Å²) in [6.07, 6.45) is 1.80. The van der Waals surface area contributed by atoms with E-state index < -0.39 is 5.91 Å². The number of aromatic amines is 1. The second-order valence-electron chi connectivity index (χ2n) is 5.58. The van der Waals surface area contributed by atoms with Crippen molar-refractivity contribution < 1.29 is 9.59 Å². The van der Waals surface area contributed by atoms with Crippen LogP contribution in [0.25, 0.3) is 10.9 Å². The van der Waals surface area contributed by atoms with Crippen LogP contribution in [-0.2, 0) is 11.2 Å². The van der Waals surface area contributed by atoms with Crippen LogP contribution in [0.15, 0.2) is 42.6 Å². The molecule has 0 saturated carbocycles. The van der Waals surface area contributed by atoms with Gasteiger partial charge in [-0.15, -0.1) is 0 Å². The first-order valence-corrected chi connectivity index (χ1v) is 7.63. The Kier molecular flexibility index (Phi) is 4.29. The Labute approximate surface area is 139 Å². The van der Waals surface area contributed by atoms with E-state index in [9.17, 15) is 9.59 Å². The maximum atomic E-state index is 12.2. The number of amides is 2. The number of nitrogens with zero attached hydrogens (tertiary/aromatic N) is 1. The van der Waals surface area contributed by atoms with Crippen LogP contribution in [0.4, 0.5) is 0 Å². The summed E-state index contributed by atoms with van der Waals surface area (Å²) in [5, 5.41) is 1.03. The lowest BCUT2D eigenvalue weighted by molar-refractivity contribution is -0.121. The molecule has 0 saturated heterocycles. The van der Waals surface area contributed by atoms with Crippen LogP contribution >= 0.6 is 0 Å². The van der Waals surface area contributed by atoms with Gasteiger partial charge in [0.2, 0.25) is 5.91 Å². The molecule has 0 aliphatic heterocycles. The first-order valence-electron chi connectivity index (χ1n) is 7.63. The van der Waals surface area contributed by atoms with Gasteiger partial charge in [0.1, 0.15) is 5.69 Å². The van der Waals surface area contributed by atoms with E-state index >= 15 is 0 Å². The number of aryl methyl sites for hydroxylation is 2. The van der Waals surface area contributed by atoms with Crippen molar-refractivity contribution in [3.63, 3.8) is 0 Å². The molecular formula is C18H18N4O2. The number of hydrazine groups is 1. The Morgan fingerprint density at radius 3 is 2.62 bits per heavy atom. The number of benzene rings is 1. The Balaban J connectivity index is 1.72. The predicted molar refractivity (Wildman–Crippen MR) is 91.3 cm³/mol. The number of nitrogens with one attached hydrogen (secondary N) is 3. The van der Waals surface area contributed by atoms with Crippen molar-refractivity contribution in [2.75, 3.05) is 0 Å². The molecular weight excluding hydrogens is 304 g/mol. The van der Waals surface area contributed by atoms with E-state index in [-0.39, 0.29) is 12.3 Å². The molecule has 0 atom stereocenters. The summed E-state index contributed by atoms with van der Waals surface area (Å²) in [5.41, 5.74) is 8.85. The third-order valence-electron chi connectivity index (χ3n) is 3.98. The van der Waals surface area contributed by atoms with E-state index in [1.54, 1.807) is 18.3 Å². The predicted octanol–water partition coefficient (Wildman–Crippen LogP) is 2.18. The van der Waals surface area contributed by atoms with Crippen molar-refractivity contribution in [3.8, 4) is 0 Å². The molecule has 3 N–H and O–H groups in total. The van der Waals surface area contributed by atoms with Gasteiger partial charge >= 0.3 is 0 Å². The molecule has 2 heterocycles. The summed E-state index contributed by atoms with van der Waals surface area (Å²) in [6, 6.07) is 11.2. The van der Waals surface area contributed by atoms with Crippen molar-refractivity contribution in [1.82, 2.24) is 20.8 Å². The molecule has 3 aromatic rings. The number of hydrogen-bond donors (Lipinski definition) is 3. The van der Waals surface area contributed by atoms with E-state index in [0.717, 1.165) is 27.7 Å². The second-order valence-corrected chi connectivity index (χ2v) is 5.58. The normalized spacial score (nSPS) is 10.6. The van der Waals surface area contributed by atoms with Crippen molar-refractivity contribution in [2.45, 2.75) is 20.3 Å². The topological polar surface area (TPSA) is 86.9 Å². The van der Waals surface area contributed by atoms with Crippen LogP contribution in [0.3, 0.4) is 0 Å². The number of para-hydroxylation sites is 1. The number of fused-ring (bicyclic) bond motifs is 1. The van der Waals surface area contributed by atoms with Crippen LogP contribution in [0.5, 0.6) is 0 Å². The molecule has 0 spiro atoms. The Hall–Kier alpha value is -3.15. The van der Waals surface area contributed by atoms with Crippen LogP contribution in [0.2, 0.25) is 0 Å². The molecule has 0 unspecified atom stereocenters. The van der Waals surface area contributed by atoms with Gasteiger partial charge in [0.25, 0.3) is 5.91 Å². The van der Waals surface area contributed by atoms with Crippen molar-refractivity contribution in [1.29, 1.82) is 0 Å². The Morgan fingerprint density at radius 2 is 1.88 bits per heavy atom. The van der Waals surface area contributed by atoms with Crippen molar-refractivity contribution >= 4 is 22.7 Å². The molecule has 0 aliphatic carbocycles. The summed E-state index contributed by atoms with van der Waals surface area (Å²) in [5.74, 6) is -0.684. The average molecular weight is 322 g/mol. The molecule has 6 heteroatoms. The van der Waals surface area contributed by atoms with Crippen molar-refractivity contribution in [3.05, 3.63) is 65.1 Å². The van der Waals surface area contributed by atoms with E-state index in [1.165, 1.54) is 0 Å². The van der Waals surface area contributed by atoms with E-state index in [2.05, 4.69) is 20.8 Å². The van der Waals surface area contributed by atoms with Crippen molar-refractivity contribution in [2.24, 2.45) is 0 Å². The number of rotatable bonds is 3. The molecule has 0 radical (unpaired) electrons. The first kappa shape index (κ1) is 15.7. The maximum Gasteiger partial charge on any atom is 0.286 e. The van der Waals surface area contributed by atoms with Gasteiger partial charge in [-0.05, 0) is 43.2 Å². The van der Waals surface area contributed by atoms with Crippen LogP contribution in [-0.4, -0.2) is 21.8 Å². The van der Waals surface area contributed by atoms with Gasteiger partial charge in [0, 0.05) is 17.3 Å². The van der Waals surface area contributed by atoms with Gasteiger partial charge in [-0.3, -0.25) is 25.4 Å². The third-order valence-corrected chi connectivity index (χ3v) is 3.98. The van der Waals surface area contributed by atoms with Gasteiger partial charge in [0.15, 0.2) is 0 Å². The molecule has 2 aromatic heterocycles. The fourth-order valence-corrected chi connectivity index (χ4v) is 2.70. The number of H-pyrrole nitrogens is 1. The lowest BCUT2D eigenvalue weighted by atomic mass is 9.99. The summed E-state index contributed by atoms with van der Waals surface area (Å²) in [4.78, 5) is 31.3. The van der Waals surface area contributed by atoms with Gasteiger partial charge < -0.3 is 4.98 Å². The number of aromatic nitrogens is 2. The zero-order valence-corrected chi connectivity index (χ0v) is 13.5. The fraction of sp³-hybridized carbons (Fsp3) is 0.167. The monoisotopic (exact) mass is 322 g/mol. The summed E-state index contributed by atoms with van der Waals surface area (Å²) in [7, 11) is 0. The van der Waals surface area contributed by atoms with Gasteiger partial charge in [-0.1, -0.05) is 18.2 Å². The zero-order chi connectivity index (χ0) is 17.1. The number of carbonyl (C=O) groups excluding carboxylic acids is 2. The molecule has 24 heavy (non-hydrogen) atoms. The number of hydrogen-bond acceptors (Lipinski definition) is 3. The maximum absolute atomic E-state index is 12.2. The minimum Gasteiger partial charge on any atom is -0.357 e. The summed E-state index contributed by atoms with van der Waals surface area (Å²) >= 11 is 0. The van der Waals surface area contributed by atoms with Gasteiger partial charge in [-0.25, -0.2) is 0 Å². The van der Waals surface area contributed by atoms with Gasteiger partial charge in [0.05, 0.1) is 11.9 Å². The minimum absolute atomic E-state index is 0.153. The van der Waals surface area contributed by atoms with E-state index in [1.807, 2.05) is 38.1 Å². The zero-order valence-electron chi connectivity index (χ0n) is 13.5. The molecule has 2 amide bonds. The highest BCUT2D eigenvalue weighted by atomic mass is 16.2. The highest BCUT2D eigenvalue weighted by Crippen LogP contribution is 2.22. The molecule has 0 aliphatic rings.